The summed E-state index contributed by atoms with van der Waals surface area (Å²) in [7, 11) is 0. The van der Waals surface area contributed by atoms with Gasteiger partial charge in [0.1, 0.15) is 11.5 Å². The number of thioether (sulfide) groups is 1. The Morgan fingerprint density at radius 2 is 1.61 bits per heavy atom. The number of ether oxygens (including phenoxy) is 2. The third kappa shape index (κ3) is 11.7. The monoisotopic (exact) mass is 502 g/mol. The van der Waals surface area contributed by atoms with Crippen LogP contribution in [0, 0.1) is 13.8 Å². The fourth-order valence-electron chi connectivity index (χ4n) is 1.78. The van der Waals surface area contributed by atoms with Crippen molar-refractivity contribution >= 4 is 61.3 Å². The van der Waals surface area contributed by atoms with Gasteiger partial charge in [-0.1, -0.05) is 63.1 Å². The Labute approximate surface area is 190 Å². The van der Waals surface area contributed by atoms with Crippen LogP contribution >= 0.6 is 51.5 Å². The van der Waals surface area contributed by atoms with Gasteiger partial charge in [0.05, 0.1) is 6.54 Å². The maximum atomic E-state index is 5.54. The number of nitrogens with zero attached hydrogens (tertiary/aromatic N) is 1. The minimum Gasteiger partial charge on any atom is -0.436 e. The predicted octanol–water partition coefficient (Wildman–Crippen LogP) is 5.71. The summed E-state index contributed by atoms with van der Waals surface area (Å²) in [6.45, 7) is 5.68. The average molecular weight is 504 g/mol. The van der Waals surface area contributed by atoms with Crippen molar-refractivity contribution in [2.24, 2.45) is 10.7 Å². The molecule has 0 amide bonds. The van der Waals surface area contributed by atoms with Gasteiger partial charge in [0.2, 0.25) is 0 Å². The largest absolute Gasteiger partial charge is 0.436 e. The predicted molar refractivity (Wildman–Crippen MR) is 130 cm³/mol. The van der Waals surface area contributed by atoms with E-state index in [-0.39, 0.29) is 4.51 Å². The van der Waals surface area contributed by atoms with Crippen molar-refractivity contribution < 1.29 is 9.47 Å². The molecule has 1 aliphatic rings. The molecule has 2 aromatic rings. The molecular formula is C20H24BrClN2O2S2. The first-order valence-corrected chi connectivity index (χ1v) is 11.5. The van der Waals surface area contributed by atoms with Gasteiger partial charge in [-0.15, -0.1) is 0 Å². The van der Waals surface area contributed by atoms with E-state index in [0.29, 0.717) is 5.75 Å². The lowest BCUT2D eigenvalue weighted by Gasteiger charge is -2.03. The standard InChI is InChI=1S/C10H11NOS.C8H7ClOS.C2H6BrN/c1-8-2-4-9(5-3-8)12-10-11-6-7-13-10;1-6-2-4-7(5-3-6)10-8(9)11;3-1-2-4/h2-5H,6-7H2,1H3;2-5H,1H3;1-2,4H2. The number of rotatable bonds is 3. The summed E-state index contributed by atoms with van der Waals surface area (Å²) in [4.78, 5) is 4.21. The Kier molecular flexibility index (Phi) is 13.2. The number of nitrogens with two attached hydrogens (primary N) is 1. The van der Waals surface area contributed by atoms with Gasteiger partial charge >= 0.3 is 0 Å². The van der Waals surface area contributed by atoms with Crippen molar-refractivity contribution in [2.75, 3.05) is 24.2 Å². The van der Waals surface area contributed by atoms with E-state index in [1.807, 2.05) is 55.5 Å². The van der Waals surface area contributed by atoms with Crippen LogP contribution in [0.5, 0.6) is 11.5 Å². The van der Waals surface area contributed by atoms with Gasteiger partial charge in [0.15, 0.2) is 0 Å². The highest BCUT2D eigenvalue weighted by Crippen LogP contribution is 2.18. The fraction of sp³-hybridized carbons (Fsp3) is 0.300. The summed E-state index contributed by atoms with van der Waals surface area (Å²) in [5.74, 6) is 2.59. The molecule has 0 fully saturated rings. The Bertz CT molecular complexity index is 739. The Morgan fingerprint density at radius 1 is 1.11 bits per heavy atom. The second-order valence-electron chi connectivity index (χ2n) is 5.54. The number of hydrogen-bond acceptors (Lipinski definition) is 6. The van der Waals surface area contributed by atoms with Crippen LogP contribution in [0.1, 0.15) is 11.1 Å². The molecule has 0 saturated carbocycles. The molecule has 0 atom stereocenters. The molecule has 0 aromatic heterocycles. The van der Waals surface area contributed by atoms with Crippen molar-refractivity contribution in [1.82, 2.24) is 0 Å². The number of alkyl halides is 1. The van der Waals surface area contributed by atoms with Crippen LogP contribution in [-0.2, 0) is 0 Å². The molecule has 0 radical (unpaired) electrons. The Hall–Kier alpha value is -1.12. The van der Waals surface area contributed by atoms with Gasteiger partial charge in [-0.05, 0) is 61.9 Å². The van der Waals surface area contributed by atoms with Crippen molar-refractivity contribution in [1.29, 1.82) is 0 Å². The van der Waals surface area contributed by atoms with E-state index in [1.54, 1.807) is 11.8 Å². The van der Waals surface area contributed by atoms with E-state index in [0.717, 1.165) is 35.2 Å². The van der Waals surface area contributed by atoms with E-state index >= 15 is 0 Å². The number of thiocarbonyl (C=S) groups is 1. The highest BCUT2D eigenvalue weighted by molar-refractivity contribution is 9.09. The summed E-state index contributed by atoms with van der Waals surface area (Å²) in [6, 6.07) is 15.5. The van der Waals surface area contributed by atoms with Crippen molar-refractivity contribution in [3.05, 3.63) is 59.7 Å². The molecule has 2 N–H and O–H groups in total. The lowest BCUT2D eigenvalue weighted by molar-refractivity contribution is 0.565. The Morgan fingerprint density at radius 3 is 2.00 bits per heavy atom. The molecule has 8 heteroatoms. The second-order valence-corrected chi connectivity index (χ2v) is 8.32. The van der Waals surface area contributed by atoms with Crippen LogP contribution in [0.3, 0.4) is 0 Å². The van der Waals surface area contributed by atoms with Crippen LogP contribution in [0.15, 0.2) is 53.5 Å². The van der Waals surface area contributed by atoms with Gasteiger partial charge in [-0.3, -0.25) is 0 Å². The molecule has 4 nitrogen and oxygen atoms in total. The maximum absolute atomic E-state index is 5.54. The zero-order valence-corrected chi connectivity index (χ0v) is 19.8. The summed E-state index contributed by atoms with van der Waals surface area (Å²) in [5.41, 5.74) is 7.40. The second kappa shape index (κ2) is 14.8. The minimum absolute atomic E-state index is 0.0221. The molecule has 0 aliphatic carbocycles. The fourth-order valence-corrected chi connectivity index (χ4v) is 2.66. The Balaban J connectivity index is 0.000000239. The highest BCUT2D eigenvalue weighted by atomic mass is 79.9. The number of aryl methyl sites for hydroxylation is 2. The quantitative estimate of drug-likeness (QED) is 0.330. The summed E-state index contributed by atoms with van der Waals surface area (Å²) < 4.78 is 10.5. The maximum Gasteiger partial charge on any atom is 0.260 e. The molecule has 1 heterocycles. The van der Waals surface area contributed by atoms with E-state index in [2.05, 4.69) is 40.1 Å². The van der Waals surface area contributed by atoms with Gasteiger partial charge < -0.3 is 15.2 Å². The van der Waals surface area contributed by atoms with Crippen LogP contribution in [0.2, 0.25) is 0 Å². The minimum atomic E-state index is 0.0221. The summed E-state index contributed by atoms with van der Waals surface area (Å²) >= 11 is 14.7. The number of benzene rings is 2. The highest BCUT2D eigenvalue weighted by Gasteiger charge is 2.08. The van der Waals surface area contributed by atoms with Crippen molar-refractivity contribution in [3.63, 3.8) is 0 Å². The van der Waals surface area contributed by atoms with Crippen LogP contribution in [0.25, 0.3) is 0 Å². The first-order valence-electron chi connectivity index (χ1n) is 8.56. The van der Waals surface area contributed by atoms with E-state index in [9.17, 15) is 0 Å². The number of aliphatic imine (C=N–C) groups is 1. The number of halogens is 2. The van der Waals surface area contributed by atoms with Crippen molar-refractivity contribution in [3.8, 4) is 11.5 Å². The smallest absolute Gasteiger partial charge is 0.260 e. The normalized spacial score (nSPS) is 12.0. The molecule has 152 valence electrons. The number of hydrogen-bond donors (Lipinski definition) is 1. The molecule has 1 aliphatic heterocycles. The molecule has 28 heavy (non-hydrogen) atoms. The molecular weight excluding hydrogens is 480 g/mol. The van der Waals surface area contributed by atoms with Gasteiger partial charge in [0, 0.05) is 17.6 Å². The van der Waals surface area contributed by atoms with E-state index in [4.69, 9.17) is 26.8 Å². The third-order valence-corrected chi connectivity index (χ3v) is 4.58. The average Bonchev–Trinajstić information content (AvgIpc) is 3.19. The zero-order valence-electron chi connectivity index (χ0n) is 15.9. The molecule has 0 saturated heterocycles. The van der Waals surface area contributed by atoms with Gasteiger partial charge in [-0.2, -0.15) is 0 Å². The zero-order chi connectivity index (χ0) is 20.8. The molecule has 2 aromatic carbocycles. The first-order chi connectivity index (χ1) is 13.4. The summed E-state index contributed by atoms with van der Waals surface area (Å²) in [5, 5.41) is 1.70. The molecule has 0 bridgehead atoms. The van der Waals surface area contributed by atoms with E-state index < -0.39 is 0 Å². The molecule has 3 rings (SSSR count). The topological polar surface area (TPSA) is 56.8 Å². The van der Waals surface area contributed by atoms with Crippen LogP contribution in [0.4, 0.5) is 0 Å². The lowest BCUT2D eigenvalue weighted by atomic mass is 10.2. The first kappa shape index (κ1) is 24.9. The lowest BCUT2D eigenvalue weighted by Crippen LogP contribution is -1.99. The third-order valence-electron chi connectivity index (χ3n) is 3.11. The van der Waals surface area contributed by atoms with Crippen LogP contribution < -0.4 is 15.2 Å². The SMILES string of the molecule is Cc1ccc(OC(=S)Cl)cc1.Cc1ccc(OC2=NCCS2)cc1.NCCBr. The molecule has 0 unspecified atom stereocenters. The van der Waals surface area contributed by atoms with Crippen LogP contribution in [-0.4, -0.2) is 33.9 Å². The van der Waals surface area contributed by atoms with Gasteiger partial charge in [-0.25, -0.2) is 4.99 Å². The molecule has 0 spiro atoms. The van der Waals surface area contributed by atoms with E-state index in [1.165, 1.54) is 11.1 Å². The van der Waals surface area contributed by atoms with Gasteiger partial charge in [0.25, 0.3) is 9.74 Å². The summed E-state index contributed by atoms with van der Waals surface area (Å²) in [6.07, 6.45) is 0. The van der Waals surface area contributed by atoms with Crippen molar-refractivity contribution in [2.45, 2.75) is 13.8 Å².